The fourth-order valence-electron chi connectivity index (χ4n) is 3.18. The van der Waals surface area contributed by atoms with Crippen molar-refractivity contribution in [1.29, 1.82) is 5.26 Å². The molecule has 2 aromatic carbocycles. The lowest BCUT2D eigenvalue weighted by molar-refractivity contribution is -0.119. The molecule has 1 saturated heterocycles. The number of ether oxygens (including phenoxy) is 1. The molecule has 3 rings (SSSR count). The summed E-state index contributed by atoms with van der Waals surface area (Å²) in [7, 11) is 0. The van der Waals surface area contributed by atoms with Crippen molar-refractivity contribution in [2.24, 2.45) is 0 Å². The third-order valence-electron chi connectivity index (χ3n) is 4.93. The van der Waals surface area contributed by atoms with Crippen LogP contribution in [0.3, 0.4) is 0 Å². The molecule has 0 saturated carbocycles. The molecule has 8 nitrogen and oxygen atoms in total. The van der Waals surface area contributed by atoms with Gasteiger partial charge in [-0.3, -0.25) is 14.5 Å². The van der Waals surface area contributed by atoms with Gasteiger partial charge in [-0.05, 0) is 42.0 Å². The third-order valence-corrected chi connectivity index (χ3v) is 4.93. The van der Waals surface area contributed by atoms with Crippen molar-refractivity contribution in [3.05, 3.63) is 59.7 Å². The highest BCUT2D eigenvalue weighted by Gasteiger charge is 2.12. The van der Waals surface area contributed by atoms with E-state index < -0.39 is 0 Å². The predicted octanol–water partition coefficient (Wildman–Crippen LogP) is 1.95. The van der Waals surface area contributed by atoms with E-state index in [2.05, 4.69) is 26.9 Å². The summed E-state index contributed by atoms with van der Waals surface area (Å²) in [4.78, 5) is 26.6. The third kappa shape index (κ3) is 7.74. The summed E-state index contributed by atoms with van der Waals surface area (Å²) in [6, 6.07) is 16.4. The number of amides is 2. The van der Waals surface area contributed by atoms with Crippen LogP contribution >= 0.6 is 0 Å². The smallest absolute Gasteiger partial charge is 0.239 e. The van der Waals surface area contributed by atoms with E-state index in [1.165, 1.54) is 0 Å². The number of morpholine rings is 1. The van der Waals surface area contributed by atoms with Crippen LogP contribution in [-0.4, -0.2) is 56.1 Å². The molecule has 0 unspecified atom stereocenters. The Kier molecular flexibility index (Phi) is 8.40. The molecule has 1 fully saturated rings. The maximum absolute atomic E-state index is 12.2. The van der Waals surface area contributed by atoms with E-state index in [0.717, 1.165) is 49.8 Å². The maximum Gasteiger partial charge on any atom is 0.239 e. The van der Waals surface area contributed by atoms with Crippen molar-refractivity contribution in [3.63, 3.8) is 0 Å². The first-order valence-corrected chi connectivity index (χ1v) is 10.3. The molecule has 0 spiro atoms. The largest absolute Gasteiger partial charge is 0.379 e. The fourth-order valence-corrected chi connectivity index (χ4v) is 3.18. The number of nitrogens with one attached hydrogen (secondary N) is 3. The number of carbonyl (C=O) groups excluding carboxylic acids is 2. The van der Waals surface area contributed by atoms with Crippen LogP contribution in [-0.2, 0) is 20.9 Å². The molecule has 0 aromatic heterocycles. The predicted molar refractivity (Wildman–Crippen MR) is 118 cm³/mol. The van der Waals surface area contributed by atoms with Crippen LogP contribution in [0.15, 0.2) is 48.5 Å². The molecule has 8 heteroatoms. The number of nitrogens with zero attached hydrogens (tertiary/aromatic N) is 2. The average molecular weight is 422 g/mol. The van der Waals surface area contributed by atoms with E-state index in [1.54, 1.807) is 24.3 Å². The zero-order valence-corrected chi connectivity index (χ0v) is 17.4. The second kappa shape index (κ2) is 11.7. The molecule has 31 heavy (non-hydrogen) atoms. The molecule has 0 radical (unpaired) electrons. The number of hydrogen-bond donors (Lipinski definition) is 3. The van der Waals surface area contributed by atoms with E-state index in [0.29, 0.717) is 18.5 Å². The Labute approximate surface area is 182 Å². The summed E-state index contributed by atoms with van der Waals surface area (Å²) >= 11 is 0. The van der Waals surface area contributed by atoms with Gasteiger partial charge in [0, 0.05) is 44.0 Å². The number of carbonyl (C=O) groups is 2. The molecular formula is C23H27N5O3. The van der Waals surface area contributed by atoms with Gasteiger partial charge in [-0.2, -0.15) is 5.26 Å². The lowest BCUT2D eigenvalue weighted by Gasteiger charge is -2.26. The van der Waals surface area contributed by atoms with Crippen molar-refractivity contribution >= 4 is 23.2 Å². The zero-order valence-electron chi connectivity index (χ0n) is 17.4. The molecule has 0 aliphatic carbocycles. The van der Waals surface area contributed by atoms with Gasteiger partial charge in [0.05, 0.1) is 31.4 Å². The highest BCUT2D eigenvalue weighted by atomic mass is 16.5. The van der Waals surface area contributed by atoms with Crippen molar-refractivity contribution in [2.45, 2.75) is 13.0 Å². The summed E-state index contributed by atoms with van der Waals surface area (Å²) in [6.45, 7) is 4.38. The summed E-state index contributed by atoms with van der Waals surface area (Å²) in [5.41, 5.74) is 2.96. The summed E-state index contributed by atoms with van der Waals surface area (Å²) < 4.78 is 5.31. The number of benzene rings is 2. The second-order valence-electron chi connectivity index (χ2n) is 7.27. The van der Waals surface area contributed by atoms with Crippen LogP contribution in [0.5, 0.6) is 0 Å². The molecule has 3 N–H and O–H groups in total. The Bertz CT molecular complexity index is 918. The number of hydrogen-bond acceptors (Lipinski definition) is 6. The van der Waals surface area contributed by atoms with Gasteiger partial charge in [-0.25, -0.2) is 0 Å². The van der Waals surface area contributed by atoms with Crippen LogP contribution < -0.4 is 16.0 Å². The monoisotopic (exact) mass is 421 g/mol. The Morgan fingerprint density at radius 2 is 1.81 bits per heavy atom. The van der Waals surface area contributed by atoms with Crippen LogP contribution in [0.4, 0.5) is 11.4 Å². The molecule has 0 atom stereocenters. The Morgan fingerprint density at radius 1 is 1.03 bits per heavy atom. The number of rotatable bonds is 9. The van der Waals surface area contributed by atoms with Gasteiger partial charge in [-0.1, -0.05) is 12.1 Å². The van der Waals surface area contributed by atoms with Gasteiger partial charge in [0.1, 0.15) is 0 Å². The van der Waals surface area contributed by atoms with Gasteiger partial charge >= 0.3 is 0 Å². The summed E-state index contributed by atoms with van der Waals surface area (Å²) in [6.07, 6.45) is 0.433. The van der Waals surface area contributed by atoms with Crippen LogP contribution in [0.2, 0.25) is 0 Å². The van der Waals surface area contributed by atoms with Crippen LogP contribution in [0.25, 0.3) is 0 Å². The molecule has 1 aliphatic heterocycles. The van der Waals surface area contributed by atoms with E-state index in [4.69, 9.17) is 10.00 Å². The lowest BCUT2D eigenvalue weighted by atomic mass is 10.2. The average Bonchev–Trinajstić information content (AvgIpc) is 2.81. The molecule has 162 valence electrons. The molecule has 2 aromatic rings. The Morgan fingerprint density at radius 3 is 2.55 bits per heavy atom. The Hall–Kier alpha value is -3.41. The summed E-state index contributed by atoms with van der Waals surface area (Å²) in [5, 5.41) is 17.6. The molecular weight excluding hydrogens is 394 g/mol. The highest BCUT2D eigenvalue weighted by molar-refractivity contribution is 5.90. The molecule has 1 heterocycles. The minimum atomic E-state index is -0.149. The van der Waals surface area contributed by atoms with Crippen LogP contribution in [0.1, 0.15) is 17.5 Å². The van der Waals surface area contributed by atoms with E-state index in [-0.39, 0.29) is 18.4 Å². The topological polar surface area (TPSA) is 106 Å². The minimum Gasteiger partial charge on any atom is -0.379 e. The highest BCUT2D eigenvalue weighted by Crippen LogP contribution is 2.12. The zero-order chi connectivity index (χ0) is 21.9. The van der Waals surface area contributed by atoms with E-state index >= 15 is 0 Å². The van der Waals surface area contributed by atoms with Gasteiger partial charge in [0.15, 0.2) is 0 Å². The van der Waals surface area contributed by atoms with Crippen molar-refractivity contribution in [1.82, 2.24) is 10.2 Å². The second-order valence-corrected chi connectivity index (χ2v) is 7.27. The summed E-state index contributed by atoms with van der Waals surface area (Å²) in [5.74, 6) is -0.177. The number of nitriles is 1. The number of anilines is 2. The van der Waals surface area contributed by atoms with E-state index in [1.807, 2.05) is 24.3 Å². The maximum atomic E-state index is 12.2. The van der Waals surface area contributed by atoms with Gasteiger partial charge < -0.3 is 20.7 Å². The first kappa shape index (κ1) is 22.3. The van der Waals surface area contributed by atoms with Crippen molar-refractivity contribution in [2.75, 3.05) is 50.0 Å². The molecule has 1 aliphatic rings. The minimum absolute atomic E-state index is 0.0284. The van der Waals surface area contributed by atoms with Gasteiger partial charge in [0.2, 0.25) is 11.8 Å². The van der Waals surface area contributed by atoms with Crippen molar-refractivity contribution < 1.29 is 14.3 Å². The lowest BCUT2D eigenvalue weighted by Crippen LogP contribution is -2.38. The Balaban J connectivity index is 1.39. The van der Waals surface area contributed by atoms with Gasteiger partial charge in [-0.15, -0.1) is 0 Å². The fraction of sp³-hybridized carbons (Fsp3) is 0.348. The van der Waals surface area contributed by atoms with Crippen LogP contribution in [0, 0.1) is 11.3 Å². The molecule has 2 amide bonds. The standard InChI is InChI=1S/C23H27N5O3/c24-15-18-4-6-20(7-5-18)25-17-23(30)26-16-19-2-1-3-21(14-19)27-22(29)8-9-28-10-12-31-13-11-28/h1-7,14,25H,8-13,16-17H2,(H,26,30)(H,27,29). The SMILES string of the molecule is N#Cc1ccc(NCC(=O)NCc2cccc(NC(=O)CCN3CCOCC3)c2)cc1. The first-order chi connectivity index (χ1) is 15.1. The molecule has 0 bridgehead atoms. The first-order valence-electron chi connectivity index (χ1n) is 10.3. The van der Waals surface area contributed by atoms with E-state index in [9.17, 15) is 9.59 Å². The van der Waals surface area contributed by atoms with Crippen molar-refractivity contribution in [3.8, 4) is 6.07 Å². The normalized spacial score (nSPS) is 13.8. The van der Waals surface area contributed by atoms with Gasteiger partial charge in [0.25, 0.3) is 0 Å². The quantitative estimate of drug-likeness (QED) is 0.571.